The average molecular weight is 222 g/mol. The van der Waals surface area contributed by atoms with Gasteiger partial charge in [0.25, 0.3) is 0 Å². The van der Waals surface area contributed by atoms with Gasteiger partial charge < -0.3 is 5.73 Å². The standard InChI is InChI=1S/C10H14N4S/c1-8-5-13-9(14-6-8)15-4-3-10(2,12)7-11/h5-6H,3-4,12H2,1-2H3. The van der Waals surface area contributed by atoms with Gasteiger partial charge in [0.1, 0.15) is 5.54 Å². The van der Waals surface area contributed by atoms with Gasteiger partial charge in [-0.2, -0.15) is 5.26 Å². The summed E-state index contributed by atoms with van der Waals surface area (Å²) in [5.41, 5.74) is 5.98. The van der Waals surface area contributed by atoms with E-state index in [9.17, 15) is 0 Å². The monoisotopic (exact) mass is 222 g/mol. The van der Waals surface area contributed by atoms with Crippen LogP contribution < -0.4 is 5.73 Å². The highest BCUT2D eigenvalue weighted by Crippen LogP contribution is 2.16. The second kappa shape index (κ2) is 5.10. The molecule has 15 heavy (non-hydrogen) atoms. The van der Waals surface area contributed by atoms with Crippen molar-refractivity contribution in [2.75, 3.05) is 5.75 Å². The van der Waals surface area contributed by atoms with Crippen molar-refractivity contribution in [3.63, 3.8) is 0 Å². The van der Waals surface area contributed by atoms with E-state index in [4.69, 9.17) is 11.0 Å². The minimum atomic E-state index is -0.752. The number of nitrogens with two attached hydrogens (primary N) is 1. The van der Waals surface area contributed by atoms with E-state index in [1.54, 1.807) is 19.3 Å². The van der Waals surface area contributed by atoms with Gasteiger partial charge in [0, 0.05) is 18.1 Å². The second-order valence-electron chi connectivity index (χ2n) is 3.67. The maximum atomic E-state index is 8.71. The zero-order valence-electron chi connectivity index (χ0n) is 8.90. The smallest absolute Gasteiger partial charge is 0.187 e. The molecule has 1 aromatic rings. The number of nitrogens with zero attached hydrogens (tertiary/aromatic N) is 3. The molecule has 2 N–H and O–H groups in total. The number of hydrogen-bond acceptors (Lipinski definition) is 5. The normalized spacial score (nSPS) is 14.3. The van der Waals surface area contributed by atoms with Crippen molar-refractivity contribution >= 4 is 11.8 Å². The highest BCUT2D eigenvalue weighted by atomic mass is 32.2. The molecule has 0 aliphatic heterocycles. The molecule has 0 bridgehead atoms. The molecule has 0 radical (unpaired) electrons. The summed E-state index contributed by atoms with van der Waals surface area (Å²) in [7, 11) is 0. The van der Waals surface area contributed by atoms with E-state index in [1.807, 2.05) is 6.92 Å². The Kier molecular flexibility index (Phi) is 4.06. The van der Waals surface area contributed by atoms with Crippen molar-refractivity contribution < 1.29 is 0 Å². The van der Waals surface area contributed by atoms with E-state index in [2.05, 4.69) is 16.0 Å². The molecular weight excluding hydrogens is 208 g/mol. The first-order chi connectivity index (χ1) is 7.03. The number of rotatable bonds is 4. The van der Waals surface area contributed by atoms with Crippen molar-refractivity contribution in [3.05, 3.63) is 18.0 Å². The Labute approximate surface area is 93.9 Å². The summed E-state index contributed by atoms with van der Waals surface area (Å²) in [6.07, 6.45) is 4.19. The van der Waals surface area contributed by atoms with Crippen LogP contribution in [0.15, 0.2) is 17.6 Å². The molecule has 1 unspecified atom stereocenters. The van der Waals surface area contributed by atoms with Gasteiger partial charge in [-0.15, -0.1) is 0 Å². The predicted octanol–water partition coefficient (Wildman–Crippen LogP) is 1.51. The van der Waals surface area contributed by atoms with Crippen molar-refractivity contribution in [3.8, 4) is 6.07 Å². The van der Waals surface area contributed by atoms with Gasteiger partial charge in [-0.3, -0.25) is 0 Å². The summed E-state index contributed by atoms with van der Waals surface area (Å²) in [4.78, 5) is 8.30. The quantitative estimate of drug-likeness (QED) is 0.617. The SMILES string of the molecule is Cc1cnc(SCCC(C)(N)C#N)nc1. The number of hydrogen-bond donors (Lipinski definition) is 1. The highest BCUT2D eigenvalue weighted by Gasteiger charge is 2.16. The Morgan fingerprint density at radius 1 is 1.53 bits per heavy atom. The lowest BCUT2D eigenvalue weighted by Crippen LogP contribution is -2.34. The summed E-state index contributed by atoms with van der Waals surface area (Å²) in [5.74, 6) is 0.754. The molecule has 0 aromatic carbocycles. The third kappa shape index (κ3) is 4.28. The zero-order chi connectivity index (χ0) is 11.3. The number of aromatic nitrogens is 2. The fourth-order valence-corrected chi connectivity index (χ4v) is 1.83. The van der Waals surface area contributed by atoms with Gasteiger partial charge in [-0.25, -0.2) is 9.97 Å². The number of nitriles is 1. The lowest BCUT2D eigenvalue weighted by molar-refractivity contribution is 0.583. The Balaban J connectivity index is 2.39. The fraction of sp³-hybridized carbons (Fsp3) is 0.500. The molecule has 0 aliphatic carbocycles. The van der Waals surface area contributed by atoms with Gasteiger partial charge in [0.05, 0.1) is 6.07 Å². The lowest BCUT2D eigenvalue weighted by atomic mass is 10.0. The zero-order valence-corrected chi connectivity index (χ0v) is 9.71. The molecule has 80 valence electrons. The van der Waals surface area contributed by atoms with Crippen LogP contribution >= 0.6 is 11.8 Å². The van der Waals surface area contributed by atoms with Crippen LogP contribution in [0.25, 0.3) is 0 Å². The van der Waals surface area contributed by atoms with Crippen LogP contribution in [0.3, 0.4) is 0 Å². The third-order valence-electron chi connectivity index (χ3n) is 1.87. The van der Waals surface area contributed by atoms with Crippen LogP contribution in [0.2, 0.25) is 0 Å². The second-order valence-corrected chi connectivity index (χ2v) is 4.73. The largest absolute Gasteiger partial charge is 0.314 e. The third-order valence-corrected chi connectivity index (χ3v) is 2.74. The van der Waals surface area contributed by atoms with E-state index >= 15 is 0 Å². The van der Waals surface area contributed by atoms with Crippen LogP contribution in [0.4, 0.5) is 0 Å². The molecule has 0 fully saturated rings. The molecule has 5 heteroatoms. The number of thioether (sulfide) groups is 1. The molecule has 0 saturated heterocycles. The summed E-state index contributed by atoms with van der Waals surface area (Å²) in [6, 6.07) is 2.06. The van der Waals surface area contributed by atoms with Gasteiger partial charge in [-0.1, -0.05) is 11.8 Å². The van der Waals surface area contributed by atoms with Crippen LogP contribution in [0, 0.1) is 18.3 Å². The van der Waals surface area contributed by atoms with Crippen molar-refractivity contribution in [1.29, 1.82) is 5.26 Å². The average Bonchev–Trinajstić information content (AvgIpc) is 2.21. The fourth-order valence-electron chi connectivity index (χ4n) is 0.866. The van der Waals surface area contributed by atoms with Crippen LogP contribution in [-0.4, -0.2) is 21.3 Å². The first kappa shape index (κ1) is 12.0. The maximum Gasteiger partial charge on any atom is 0.187 e. The maximum absolute atomic E-state index is 8.71. The predicted molar refractivity (Wildman–Crippen MR) is 60.3 cm³/mol. The minimum Gasteiger partial charge on any atom is -0.314 e. The summed E-state index contributed by atoms with van der Waals surface area (Å²) in [5, 5.41) is 9.44. The molecule has 0 aliphatic rings. The summed E-state index contributed by atoms with van der Waals surface area (Å²) < 4.78 is 0. The molecule has 1 aromatic heterocycles. The number of aryl methyl sites for hydroxylation is 1. The Bertz CT molecular complexity index is 353. The Hall–Kier alpha value is -1.12. The van der Waals surface area contributed by atoms with Crippen LogP contribution in [-0.2, 0) is 0 Å². The lowest BCUT2D eigenvalue weighted by Gasteiger charge is -2.13. The van der Waals surface area contributed by atoms with Crippen molar-refractivity contribution in [2.45, 2.75) is 31.0 Å². The van der Waals surface area contributed by atoms with Crippen molar-refractivity contribution in [2.24, 2.45) is 5.73 Å². The highest BCUT2D eigenvalue weighted by molar-refractivity contribution is 7.99. The first-order valence-electron chi connectivity index (χ1n) is 4.65. The van der Waals surface area contributed by atoms with Crippen LogP contribution in [0.5, 0.6) is 0 Å². The van der Waals surface area contributed by atoms with Gasteiger partial charge in [-0.05, 0) is 25.8 Å². The van der Waals surface area contributed by atoms with Gasteiger partial charge in [0.15, 0.2) is 5.16 Å². The van der Waals surface area contributed by atoms with E-state index < -0.39 is 5.54 Å². The van der Waals surface area contributed by atoms with Gasteiger partial charge >= 0.3 is 0 Å². The topological polar surface area (TPSA) is 75.6 Å². The minimum absolute atomic E-state index is 0.630. The molecule has 1 rings (SSSR count). The van der Waals surface area contributed by atoms with Gasteiger partial charge in [0.2, 0.25) is 0 Å². The van der Waals surface area contributed by atoms with E-state index in [0.29, 0.717) is 6.42 Å². The van der Waals surface area contributed by atoms with E-state index in [1.165, 1.54) is 11.8 Å². The van der Waals surface area contributed by atoms with E-state index in [-0.39, 0.29) is 0 Å². The Morgan fingerprint density at radius 2 is 2.13 bits per heavy atom. The van der Waals surface area contributed by atoms with E-state index in [0.717, 1.165) is 16.5 Å². The summed E-state index contributed by atoms with van der Waals surface area (Å²) >= 11 is 1.52. The summed E-state index contributed by atoms with van der Waals surface area (Å²) in [6.45, 7) is 3.67. The molecule has 4 nitrogen and oxygen atoms in total. The van der Waals surface area contributed by atoms with Crippen molar-refractivity contribution in [1.82, 2.24) is 9.97 Å². The Morgan fingerprint density at radius 3 is 2.67 bits per heavy atom. The molecular formula is C10H14N4S. The molecule has 1 heterocycles. The molecule has 0 saturated carbocycles. The molecule has 0 spiro atoms. The molecule has 1 atom stereocenters. The van der Waals surface area contributed by atoms with Crippen LogP contribution in [0.1, 0.15) is 18.9 Å². The molecule has 0 amide bonds. The first-order valence-corrected chi connectivity index (χ1v) is 5.64.